The van der Waals surface area contributed by atoms with E-state index in [0.717, 1.165) is 47.8 Å². The Morgan fingerprint density at radius 3 is 3.12 bits per heavy atom. The minimum Gasteiger partial charge on any atom is -0.379 e. The number of aromatic amines is 1. The number of pyridine rings is 1. The number of fused-ring (bicyclic) bond motifs is 3. The fourth-order valence-electron chi connectivity index (χ4n) is 3.28. The van der Waals surface area contributed by atoms with E-state index in [1.54, 1.807) is 6.20 Å². The maximum atomic E-state index is 11.5. The molecule has 1 aliphatic heterocycles. The SMILES string of the molecule is CS(=O)(=O)NCc1nc2cnc3[nH]ccc3c2n1[C@@H]1CCCOC1. The van der Waals surface area contributed by atoms with Crippen molar-refractivity contribution in [2.24, 2.45) is 0 Å². The van der Waals surface area contributed by atoms with Gasteiger partial charge in [-0.15, -0.1) is 0 Å². The van der Waals surface area contributed by atoms with E-state index in [1.807, 2.05) is 12.3 Å². The first-order chi connectivity index (χ1) is 11.5. The molecule has 4 heterocycles. The molecule has 0 spiro atoms. The van der Waals surface area contributed by atoms with Crippen molar-refractivity contribution in [3.05, 3.63) is 24.3 Å². The van der Waals surface area contributed by atoms with E-state index in [9.17, 15) is 8.42 Å². The largest absolute Gasteiger partial charge is 0.379 e. The van der Waals surface area contributed by atoms with Crippen LogP contribution in [0.5, 0.6) is 0 Å². The van der Waals surface area contributed by atoms with E-state index < -0.39 is 10.0 Å². The van der Waals surface area contributed by atoms with Crippen molar-refractivity contribution in [2.75, 3.05) is 19.5 Å². The predicted octanol–water partition coefficient (Wildman–Crippen LogP) is 1.31. The van der Waals surface area contributed by atoms with E-state index >= 15 is 0 Å². The minimum absolute atomic E-state index is 0.139. The maximum absolute atomic E-state index is 11.5. The molecule has 4 rings (SSSR count). The zero-order valence-corrected chi connectivity index (χ0v) is 14.1. The Kier molecular flexibility index (Phi) is 3.78. The highest BCUT2D eigenvalue weighted by Gasteiger charge is 2.24. The molecule has 0 saturated carbocycles. The van der Waals surface area contributed by atoms with E-state index in [2.05, 4.69) is 24.2 Å². The third kappa shape index (κ3) is 2.79. The van der Waals surface area contributed by atoms with Crippen LogP contribution in [0.25, 0.3) is 22.1 Å². The van der Waals surface area contributed by atoms with Crippen LogP contribution in [0.1, 0.15) is 24.7 Å². The van der Waals surface area contributed by atoms with Crippen molar-refractivity contribution >= 4 is 32.1 Å². The summed E-state index contributed by atoms with van der Waals surface area (Å²) < 4.78 is 33.3. The molecular weight excluding hydrogens is 330 g/mol. The second kappa shape index (κ2) is 5.83. The molecule has 0 aromatic carbocycles. The normalized spacial score (nSPS) is 19.3. The van der Waals surface area contributed by atoms with Crippen molar-refractivity contribution in [1.82, 2.24) is 24.2 Å². The van der Waals surface area contributed by atoms with Crippen molar-refractivity contribution in [3.63, 3.8) is 0 Å². The molecule has 2 N–H and O–H groups in total. The van der Waals surface area contributed by atoms with Gasteiger partial charge in [-0.3, -0.25) is 0 Å². The van der Waals surface area contributed by atoms with Crippen molar-refractivity contribution < 1.29 is 13.2 Å². The van der Waals surface area contributed by atoms with Gasteiger partial charge in [-0.05, 0) is 18.9 Å². The fourth-order valence-corrected chi connectivity index (χ4v) is 3.67. The standard InChI is InChI=1S/C15H19N5O3S/c1-24(21,22)18-8-13-19-12-7-17-15-11(4-5-16-15)14(12)20(13)10-3-2-6-23-9-10/h4-5,7,10,18H,2-3,6,8-9H2,1H3,(H,16,17)/t10-/m1/s1. The Hall–Kier alpha value is -1.97. The first-order valence-corrected chi connectivity index (χ1v) is 9.77. The molecule has 1 aliphatic rings. The van der Waals surface area contributed by atoms with Crippen LogP contribution in [0.2, 0.25) is 0 Å². The Balaban J connectivity index is 1.89. The zero-order valence-electron chi connectivity index (χ0n) is 13.3. The van der Waals surface area contributed by atoms with Crippen LogP contribution in [-0.4, -0.2) is 47.4 Å². The summed E-state index contributed by atoms with van der Waals surface area (Å²) >= 11 is 0. The summed E-state index contributed by atoms with van der Waals surface area (Å²) in [6.45, 7) is 1.52. The third-order valence-corrected chi connectivity index (χ3v) is 4.97. The second-order valence-electron chi connectivity index (χ2n) is 6.09. The number of imidazole rings is 1. The molecule has 8 nitrogen and oxygen atoms in total. The summed E-state index contributed by atoms with van der Waals surface area (Å²) in [6, 6.07) is 2.11. The molecule has 0 aliphatic carbocycles. The van der Waals surface area contributed by atoms with Gasteiger partial charge in [0.1, 0.15) is 17.0 Å². The van der Waals surface area contributed by atoms with Gasteiger partial charge < -0.3 is 14.3 Å². The molecule has 128 valence electrons. The van der Waals surface area contributed by atoms with Gasteiger partial charge in [0.05, 0.1) is 37.2 Å². The lowest BCUT2D eigenvalue weighted by Crippen LogP contribution is -2.27. The van der Waals surface area contributed by atoms with Crippen LogP contribution in [0, 0.1) is 0 Å². The molecule has 3 aromatic rings. The Labute approximate surface area is 139 Å². The molecule has 3 aromatic heterocycles. The number of nitrogens with zero attached hydrogens (tertiary/aromatic N) is 3. The number of H-pyrrole nitrogens is 1. The van der Waals surface area contributed by atoms with Gasteiger partial charge >= 0.3 is 0 Å². The van der Waals surface area contributed by atoms with Crippen LogP contribution in [0.15, 0.2) is 18.5 Å². The van der Waals surface area contributed by atoms with Crippen molar-refractivity contribution in [2.45, 2.75) is 25.4 Å². The van der Waals surface area contributed by atoms with Gasteiger partial charge in [0.15, 0.2) is 0 Å². The van der Waals surface area contributed by atoms with Gasteiger partial charge in [-0.25, -0.2) is 23.1 Å². The summed E-state index contributed by atoms with van der Waals surface area (Å²) in [7, 11) is -3.30. The van der Waals surface area contributed by atoms with E-state index in [4.69, 9.17) is 4.74 Å². The van der Waals surface area contributed by atoms with Crippen LogP contribution >= 0.6 is 0 Å². The predicted molar refractivity (Wildman–Crippen MR) is 90.2 cm³/mol. The highest BCUT2D eigenvalue weighted by Crippen LogP contribution is 2.30. The molecule has 1 saturated heterocycles. The van der Waals surface area contributed by atoms with Crippen LogP contribution < -0.4 is 4.72 Å². The van der Waals surface area contributed by atoms with Gasteiger partial charge in [0, 0.05) is 18.2 Å². The molecule has 0 unspecified atom stereocenters. The van der Waals surface area contributed by atoms with Gasteiger partial charge in [-0.1, -0.05) is 0 Å². The van der Waals surface area contributed by atoms with E-state index in [1.165, 1.54) is 0 Å². The molecule has 0 amide bonds. The van der Waals surface area contributed by atoms with Gasteiger partial charge in [-0.2, -0.15) is 0 Å². The fraction of sp³-hybridized carbons (Fsp3) is 0.467. The number of ether oxygens (including phenoxy) is 1. The molecule has 9 heteroatoms. The van der Waals surface area contributed by atoms with Crippen LogP contribution in [-0.2, 0) is 21.3 Å². The summed E-state index contributed by atoms with van der Waals surface area (Å²) in [4.78, 5) is 12.1. The highest BCUT2D eigenvalue weighted by molar-refractivity contribution is 7.88. The van der Waals surface area contributed by atoms with Crippen LogP contribution in [0.3, 0.4) is 0 Å². The quantitative estimate of drug-likeness (QED) is 0.739. The lowest BCUT2D eigenvalue weighted by molar-refractivity contribution is 0.0596. The Bertz CT molecular complexity index is 985. The smallest absolute Gasteiger partial charge is 0.209 e. The van der Waals surface area contributed by atoms with E-state index in [0.29, 0.717) is 12.4 Å². The zero-order chi connectivity index (χ0) is 16.7. The number of sulfonamides is 1. The maximum Gasteiger partial charge on any atom is 0.209 e. The molecule has 0 radical (unpaired) electrons. The molecule has 1 fully saturated rings. The molecular formula is C15H19N5O3S. The lowest BCUT2D eigenvalue weighted by atomic mass is 10.1. The number of hydrogen-bond acceptors (Lipinski definition) is 5. The van der Waals surface area contributed by atoms with Crippen molar-refractivity contribution in [3.8, 4) is 0 Å². The average Bonchev–Trinajstić information content (AvgIpc) is 3.16. The number of hydrogen-bond donors (Lipinski definition) is 2. The van der Waals surface area contributed by atoms with Gasteiger partial charge in [0.25, 0.3) is 0 Å². The summed E-state index contributed by atoms with van der Waals surface area (Å²) in [5.74, 6) is 0.682. The van der Waals surface area contributed by atoms with Crippen molar-refractivity contribution in [1.29, 1.82) is 0 Å². The van der Waals surface area contributed by atoms with E-state index in [-0.39, 0.29) is 12.6 Å². The average molecular weight is 349 g/mol. The summed E-state index contributed by atoms with van der Waals surface area (Å²) in [6.07, 6.45) is 6.67. The Morgan fingerprint density at radius 2 is 2.38 bits per heavy atom. The number of nitrogens with one attached hydrogen (secondary N) is 2. The summed E-state index contributed by atoms with van der Waals surface area (Å²) in [5, 5.41) is 0.983. The minimum atomic E-state index is -3.30. The van der Waals surface area contributed by atoms with Gasteiger partial charge in [0.2, 0.25) is 10.0 Å². The highest BCUT2D eigenvalue weighted by atomic mass is 32.2. The molecule has 24 heavy (non-hydrogen) atoms. The summed E-state index contributed by atoms with van der Waals surface area (Å²) in [5.41, 5.74) is 2.53. The molecule has 0 bridgehead atoms. The number of aromatic nitrogens is 4. The first-order valence-electron chi connectivity index (χ1n) is 7.88. The lowest BCUT2D eigenvalue weighted by Gasteiger charge is -2.26. The first kappa shape index (κ1) is 15.6. The topological polar surface area (TPSA) is 102 Å². The monoisotopic (exact) mass is 349 g/mol. The van der Waals surface area contributed by atoms with Crippen LogP contribution in [0.4, 0.5) is 0 Å². The number of rotatable bonds is 4. The second-order valence-corrected chi connectivity index (χ2v) is 7.93. The third-order valence-electron chi connectivity index (χ3n) is 4.30. The Morgan fingerprint density at radius 1 is 1.50 bits per heavy atom. The molecule has 1 atom stereocenters.